The monoisotopic (exact) mass is 466 g/mol. The Bertz CT molecular complexity index is 1260. The molecule has 5 heteroatoms. The van der Waals surface area contributed by atoms with Gasteiger partial charge in [-0.15, -0.1) is 0 Å². The molecule has 3 aromatic rings. The van der Waals surface area contributed by atoms with Crippen LogP contribution >= 0.6 is 0 Å². The highest BCUT2D eigenvalue weighted by Gasteiger charge is 2.43. The lowest BCUT2D eigenvalue weighted by Crippen LogP contribution is -2.42. The maximum absolute atomic E-state index is 14.2. The first-order chi connectivity index (χ1) is 17.2. The van der Waals surface area contributed by atoms with Crippen molar-refractivity contribution in [3.8, 4) is 0 Å². The van der Waals surface area contributed by atoms with Crippen LogP contribution < -0.4 is 10.2 Å². The van der Waals surface area contributed by atoms with Gasteiger partial charge in [0.1, 0.15) is 5.76 Å². The molecule has 2 aromatic carbocycles. The van der Waals surface area contributed by atoms with E-state index in [-0.39, 0.29) is 23.5 Å². The summed E-state index contributed by atoms with van der Waals surface area (Å²) in [5, 5.41) is 3.59. The number of benzene rings is 2. The Balaban J connectivity index is 1.53. The van der Waals surface area contributed by atoms with Crippen LogP contribution in [0.15, 0.2) is 88.7 Å². The van der Waals surface area contributed by atoms with Crippen LogP contribution in [0.4, 0.5) is 11.4 Å². The fraction of sp³-hybridized carbons (Fsp3) is 0.333. The van der Waals surface area contributed by atoms with E-state index in [0.717, 1.165) is 54.1 Å². The predicted octanol–water partition coefficient (Wildman–Crippen LogP) is 6.76. The normalized spacial score (nSPS) is 22.7. The number of hydrogen-bond donors (Lipinski definition) is 1. The zero-order valence-electron chi connectivity index (χ0n) is 19.8. The standard InChI is InChI=1S/C30H30N2O3/c33-26-19-22(27-16-9-17-35-27)18-24-28(26)29(20-10-3-1-4-11-20)32(25-15-8-7-14-23(25)31-24)30(34)21-12-5-2-6-13-21/h1,3-4,7-11,14-17,21-22,29,31H,2,5-6,12-13,18-19H2/t22-,29-/m1/s1. The van der Waals surface area contributed by atoms with Crippen molar-refractivity contribution < 1.29 is 14.0 Å². The number of nitrogens with one attached hydrogen (secondary N) is 1. The Hall–Kier alpha value is -3.60. The van der Waals surface area contributed by atoms with E-state index >= 15 is 0 Å². The minimum atomic E-state index is -0.457. The maximum atomic E-state index is 14.2. The second-order valence-corrected chi connectivity index (χ2v) is 9.93. The molecular formula is C30H30N2O3. The van der Waals surface area contributed by atoms with Crippen LogP contribution in [-0.2, 0) is 9.59 Å². The number of allylic oxidation sites excluding steroid dienone is 1. The number of fused-ring (bicyclic) bond motifs is 1. The first-order valence-electron chi connectivity index (χ1n) is 12.7. The fourth-order valence-corrected chi connectivity index (χ4v) is 6.05. The van der Waals surface area contributed by atoms with Gasteiger partial charge in [0.25, 0.3) is 0 Å². The Morgan fingerprint density at radius 2 is 1.66 bits per heavy atom. The number of Topliss-reactive ketones (excluding diaryl/α,β-unsaturated/α-hetero) is 1. The van der Waals surface area contributed by atoms with Crippen molar-refractivity contribution in [3.63, 3.8) is 0 Å². The van der Waals surface area contributed by atoms with E-state index in [1.165, 1.54) is 6.42 Å². The van der Waals surface area contributed by atoms with Gasteiger partial charge in [-0.1, -0.05) is 61.7 Å². The summed E-state index contributed by atoms with van der Waals surface area (Å²) in [6.07, 6.45) is 7.87. The van der Waals surface area contributed by atoms with Crippen molar-refractivity contribution in [2.24, 2.45) is 5.92 Å². The lowest BCUT2D eigenvalue weighted by atomic mass is 9.79. The highest BCUT2D eigenvalue weighted by molar-refractivity contribution is 6.07. The van der Waals surface area contributed by atoms with Crippen molar-refractivity contribution in [3.05, 3.63) is 95.6 Å². The molecule has 6 rings (SSSR count). The zero-order valence-corrected chi connectivity index (χ0v) is 19.8. The molecule has 2 aliphatic carbocycles. The third-order valence-electron chi connectivity index (χ3n) is 7.74. The van der Waals surface area contributed by atoms with Crippen molar-refractivity contribution in [1.82, 2.24) is 0 Å². The summed E-state index contributed by atoms with van der Waals surface area (Å²) in [6.45, 7) is 0. The molecular weight excluding hydrogens is 436 g/mol. The average Bonchev–Trinajstić information content (AvgIpc) is 3.39. The van der Waals surface area contributed by atoms with Crippen LogP contribution in [0.2, 0.25) is 0 Å². The molecule has 1 aromatic heterocycles. The van der Waals surface area contributed by atoms with E-state index in [1.54, 1.807) is 6.26 Å². The molecule has 35 heavy (non-hydrogen) atoms. The first kappa shape index (κ1) is 21.9. The van der Waals surface area contributed by atoms with E-state index in [1.807, 2.05) is 71.6 Å². The molecule has 0 spiro atoms. The molecule has 0 unspecified atom stereocenters. The molecule has 0 radical (unpaired) electrons. The number of carbonyl (C=O) groups excluding carboxylic acids is 2. The van der Waals surface area contributed by atoms with Gasteiger partial charge >= 0.3 is 0 Å². The molecule has 0 saturated heterocycles. The Kier molecular flexibility index (Phi) is 5.77. The van der Waals surface area contributed by atoms with Crippen LogP contribution in [-0.4, -0.2) is 11.7 Å². The molecule has 2 atom stereocenters. The van der Waals surface area contributed by atoms with Crippen LogP contribution in [0.5, 0.6) is 0 Å². The summed E-state index contributed by atoms with van der Waals surface area (Å²) in [5.41, 5.74) is 4.28. The molecule has 1 amide bonds. The minimum Gasteiger partial charge on any atom is -0.469 e. The zero-order chi connectivity index (χ0) is 23.8. The lowest BCUT2D eigenvalue weighted by Gasteiger charge is -2.37. The molecule has 3 aliphatic rings. The third-order valence-corrected chi connectivity index (χ3v) is 7.74. The fourth-order valence-electron chi connectivity index (χ4n) is 6.05. The quantitative estimate of drug-likeness (QED) is 0.463. The molecule has 178 valence electrons. The van der Waals surface area contributed by atoms with E-state index < -0.39 is 6.04 Å². The smallest absolute Gasteiger partial charge is 0.231 e. The minimum absolute atomic E-state index is 0.0141. The number of furan rings is 1. The molecule has 1 fully saturated rings. The summed E-state index contributed by atoms with van der Waals surface area (Å²) in [4.78, 5) is 30.1. The lowest BCUT2D eigenvalue weighted by molar-refractivity contribution is -0.123. The summed E-state index contributed by atoms with van der Waals surface area (Å²) in [6, 6.07) is 21.4. The largest absolute Gasteiger partial charge is 0.469 e. The van der Waals surface area contributed by atoms with Crippen molar-refractivity contribution in [2.45, 2.75) is 56.9 Å². The van der Waals surface area contributed by atoms with Gasteiger partial charge in [-0.2, -0.15) is 0 Å². The second-order valence-electron chi connectivity index (χ2n) is 9.93. The van der Waals surface area contributed by atoms with Gasteiger partial charge in [0, 0.05) is 29.5 Å². The second kappa shape index (κ2) is 9.21. The van der Waals surface area contributed by atoms with E-state index in [4.69, 9.17) is 4.42 Å². The molecule has 5 nitrogen and oxygen atoms in total. The van der Waals surface area contributed by atoms with Crippen LogP contribution in [0, 0.1) is 5.92 Å². The highest BCUT2D eigenvalue weighted by Crippen LogP contribution is 2.48. The maximum Gasteiger partial charge on any atom is 0.231 e. The average molecular weight is 467 g/mol. The van der Waals surface area contributed by atoms with Crippen molar-refractivity contribution >= 4 is 23.1 Å². The van der Waals surface area contributed by atoms with Gasteiger partial charge in [0.2, 0.25) is 5.91 Å². The van der Waals surface area contributed by atoms with Gasteiger partial charge in [-0.25, -0.2) is 0 Å². The first-order valence-corrected chi connectivity index (χ1v) is 12.7. The summed E-state index contributed by atoms with van der Waals surface area (Å²) >= 11 is 0. The number of nitrogens with zero attached hydrogens (tertiary/aromatic N) is 1. The number of hydrogen-bond acceptors (Lipinski definition) is 4. The number of amides is 1. The van der Waals surface area contributed by atoms with Crippen molar-refractivity contribution in [1.29, 1.82) is 0 Å². The molecule has 0 bridgehead atoms. The number of anilines is 2. The Morgan fingerprint density at radius 1 is 0.886 bits per heavy atom. The molecule has 2 heterocycles. The van der Waals surface area contributed by atoms with E-state index in [2.05, 4.69) is 5.32 Å². The summed E-state index contributed by atoms with van der Waals surface area (Å²) in [7, 11) is 0. The van der Waals surface area contributed by atoms with Gasteiger partial charge in [0.05, 0.1) is 23.7 Å². The third kappa shape index (κ3) is 3.99. The van der Waals surface area contributed by atoms with Gasteiger partial charge in [-0.05, 0) is 49.1 Å². The van der Waals surface area contributed by atoms with E-state index in [9.17, 15) is 9.59 Å². The van der Waals surface area contributed by atoms with Crippen LogP contribution in [0.1, 0.15) is 68.2 Å². The van der Waals surface area contributed by atoms with Crippen LogP contribution in [0.25, 0.3) is 0 Å². The van der Waals surface area contributed by atoms with E-state index in [0.29, 0.717) is 18.4 Å². The predicted molar refractivity (Wildman–Crippen MR) is 136 cm³/mol. The summed E-state index contributed by atoms with van der Waals surface area (Å²) in [5.74, 6) is 0.994. The van der Waals surface area contributed by atoms with Crippen molar-refractivity contribution in [2.75, 3.05) is 10.2 Å². The number of carbonyl (C=O) groups is 2. The topological polar surface area (TPSA) is 62.6 Å². The highest BCUT2D eigenvalue weighted by atomic mass is 16.3. The molecule has 1 N–H and O–H groups in total. The molecule has 1 saturated carbocycles. The number of para-hydroxylation sites is 2. The number of rotatable bonds is 3. The van der Waals surface area contributed by atoms with Gasteiger partial charge in [-0.3, -0.25) is 14.5 Å². The molecule has 1 aliphatic heterocycles. The Labute approximate surface area is 205 Å². The summed E-state index contributed by atoms with van der Waals surface area (Å²) < 4.78 is 5.68. The number of ketones is 1. The SMILES string of the molecule is O=C1C[C@H](c2ccco2)CC2=C1[C@@H](c1ccccc1)N(C(=O)C1CCCCC1)c1ccccc1N2. The van der Waals surface area contributed by atoms with Gasteiger partial charge in [0.15, 0.2) is 5.78 Å². The van der Waals surface area contributed by atoms with Gasteiger partial charge < -0.3 is 9.73 Å². The van der Waals surface area contributed by atoms with Crippen LogP contribution in [0.3, 0.4) is 0 Å². The Morgan fingerprint density at radius 3 is 2.43 bits per heavy atom.